The highest BCUT2D eigenvalue weighted by Crippen LogP contribution is 2.23. The average molecular weight is 218 g/mol. The minimum absolute atomic E-state index is 0.497. The van der Waals surface area contributed by atoms with Crippen LogP contribution in [0.1, 0.15) is 18.8 Å². The van der Waals surface area contributed by atoms with Gasteiger partial charge >= 0.3 is 0 Å². The van der Waals surface area contributed by atoms with Crippen molar-refractivity contribution in [3.05, 3.63) is 42.0 Å². The molecule has 0 aromatic heterocycles. The maximum Gasteiger partial charge on any atom is 0.178 e. The van der Waals surface area contributed by atoms with Crippen LogP contribution < -0.4 is 4.74 Å². The van der Waals surface area contributed by atoms with Crippen molar-refractivity contribution in [3.63, 3.8) is 0 Å². The predicted octanol–water partition coefficient (Wildman–Crippen LogP) is 2.22. The van der Waals surface area contributed by atoms with Gasteiger partial charge in [0.05, 0.1) is 6.61 Å². The molecule has 3 heteroatoms. The highest BCUT2D eigenvalue weighted by atomic mass is 16.5. The van der Waals surface area contributed by atoms with Crippen molar-refractivity contribution >= 4 is 10.8 Å². The van der Waals surface area contributed by atoms with Gasteiger partial charge in [0.2, 0.25) is 0 Å². The molecular weight excluding hydrogens is 204 g/mol. The highest BCUT2D eigenvalue weighted by molar-refractivity contribution is 5.84. The fourth-order valence-corrected chi connectivity index (χ4v) is 1.66. The number of aliphatic hydroxyl groups is 2. The predicted molar refractivity (Wildman–Crippen MR) is 62.3 cm³/mol. The number of hydrogen-bond donors (Lipinski definition) is 2. The monoisotopic (exact) mass is 218 g/mol. The van der Waals surface area contributed by atoms with Crippen LogP contribution in [0.25, 0.3) is 10.8 Å². The third-order valence-electron chi connectivity index (χ3n) is 2.44. The number of fused-ring (bicyclic) bond motifs is 1. The maximum absolute atomic E-state index is 9.05. The van der Waals surface area contributed by atoms with E-state index < -0.39 is 6.29 Å². The van der Waals surface area contributed by atoms with E-state index in [1.807, 2.05) is 31.2 Å². The van der Waals surface area contributed by atoms with Crippen LogP contribution in [0.2, 0.25) is 0 Å². The van der Waals surface area contributed by atoms with Gasteiger partial charge in [-0.2, -0.15) is 0 Å². The summed E-state index contributed by atoms with van der Waals surface area (Å²) in [6.45, 7) is 2.58. The maximum atomic E-state index is 9.05. The SMILES string of the molecule is CCOc1ccc2cc(C(O)O)ccc2c1. The van der Waals surface area contributed by atoms with Crippen LogP contribution in [0, 0.1) is 0 Å². The van der Waals surface area contributed by atoms with Gasteiger partial charge in [-0.05, 0) is 35.9 Å². The molecule has 0 saturated carbocycles. The Morgan fingerprint density at radius 3 is 2.44 bits per heavy atom. The van der Waals surface area contributed by atoms with E-state index in [9.17, 15) is 0 Å². The molecule has 0 spiro atoms. The van der Waals surface area contributed by atoms with Gasteiger partial charge in [0, 0.05) is 5.56 Å². The van der Waals surface area contributed by atoms with Crippen molar-refractivity contribution in [1.82, 2.24) is 0 Å². The van der Waals surface area contributed by atoms with Gasteiger partial charge in [0.15, 0.2) is 6.29 Å². The average Bonchev–Trinajstić information content (AvgIpc) is 2.28. The fourth-order valence-electron chi connectivity index (χ4n) is 1.66. The third-order valence-corrected chi connectivity index (χ3v) is 2.44. The van der Waals surface area contributed by atoms with Crippen molar-refractivity contribution in [3.8, 4) is 5.75 Å². The standard InChI is InChI=1S/C13H14O3/c1-2-16-12-6-5-9-7-11(13(14)15)4-3-10(9)8-12/h3-8,13-15H,2H2,1H3. The van der Waals surface area contributed by atoms with E-state index in [2.05, 4.69) is 0 Å². The summed E-state index contributed by atoms with van der Waals surface area (Å²) in [6, 6.07) is 11.0. The molecule has 0 amide bonds. The Hall–Kier alpha value is -1.58. The summed E-state index contributed by atoms with van der Waals surface area (Å²) in [7, 11) is 0. The van der Waals surface area contributed by atoms with Crippen molar-refractivity contribution in [2.75, 3.05) is 6.61 Å². The Morgan fingerprint density at radius 2 is 1.75 bits per heavy atom. The van der Waals surface area contributed by atoms with Crippen molar-refractivity contribution < 1.29 is 14.9 Å². The van der Waals surface area contributed by atoms with Crippen LogP contribution in [0.3, 0.4) is 0 Å². The van der Waals surface area contributed by atoms with Crippen LogP contribution >= 0.6 is 0 Å². The molecule has 3 nitrogen and oxygen atoms in total. The smallest absolute Gasteiger partial charge is 0.178 e. The van der Waals surface area contributed by atoms with Crippen molar-refractivity contribution in [2.24, 2.45) is 0 Å². The molecule has 2 aromatic rings. The molecule has 0 unspecified atom stereocenters. The summed E-state index contributed by atoms with van der Waals surface area (Å²) in [5.74, 6) is 0.826. The van der Waals surface area contributed by atoms with Gasteiger partial charge < -0.3 is 14.9 Å². The van der Waals surface area contributed by atoms with E-state index in [-0.39, 0.29) is 0 Å². The molecule has 0 aliphatic rings. The van der Waals surface area contributed by atoms with Crippen LogP contribution in [0.15, 0.2) is 36.4 Å². The summed E-state index contributed by atoms with van der Waals surface area (Å²) >= 11 is 0. The molecule has 0 saturated heterocycles. The minimum Gasteiger partial charge on any atom is -0.494 e. The Morgan fingerprint density at radius 1 is 1.06 bits per heavy atom. The zero-order chi connectivity index (χ0) is 11.5. The van der Waals surface area contributed by atoms with E-state index in [0.29, 0.717) is 12.2 Å². The molecule has 2 N–H and O–H groups in total. The molecule has 0 heterocycles. The molecule has 2 rings (SSSR count). The Bertz CT molecular complexity index is 492. The first-order valence-electron chi connectivity index (χ1n) is 5.23. The molecule has 0 radical (unpaired) electrons. The van der Waals surface area contributed by atoms with Crippen LogP contribution in [0.5, 0.6) is 5.75 Å². The van der Waals surface area contributed by atoms with E-state index in [4.69, 9.17) is 14.9 Å². The molecular formula is C13H14O3. The summed E-state index contributed by atoms with van der Waals surface area (Å²) in [4.78, 5) is 0. The zero-order valence-electron chi connectivity index (χ0n) is 9.05. The molecule has 84 valence electrons. The van der Waals surface area contributed by atoms with Gasteiger partial charge in [-0.25, -0.2) is 0 Å². The van der Waals surface area contributed by atoms with Crippen LogP contribution in [-0.4, -0.2) is 16.8 Å². The molecule has 0 aliphatic carbocycles. The summed E-state index contributed by atoms with van der Waals surface area (Å²) in [5, 5.41) is 20.1. The van der Waals surface area contributed by atoms with Gasteiger partial charge in [-0.15, -0.1) is 0 Å². The van der Waals surface area contributed by atoms with E-state index in [1.54, 1.807) is 12.1 Å². The van der Waals surface area contributed by atoms with E-state index in [1.165, 1.54) is 0 Å². The third kappa shape index (κ3) is 2.15. The van der Waals surface area contributed by atoms with Crippen molar-refractivity contribution in [2.45, 2.75) is 13.2 Å². The second-order valence-corrected chi connectivity index (χ2v) is 3.58. The van der Waals surface area contributed by atoms with Crippen LogP contribution in [-0.2, 0) is 0 Å². The molecule has 2 aromatic carbocycles. The van der Waals surface area contributed by atoms with E-state index in [0.717, 1.165) is 16.5 Å². The lowest BCUT2D eigenvalue weighted by Gasteiger charge is -2.07. The number of ether oxygens (including phenoxy) is 1. The Labute approximate surface area is 93.9 Å². The van der Waals surface area contributed by atoms with Gasteiger partial charge in [0.1, 0.15) is 5.75 Å². The Balaban J connectivity index is 2.44. The highest BCUT2D eigenvalue weighted by Gasteiger charge is 2.03. The summed E-state index contributed by atoms with van der Waals surface area (Å²) in [6.07, 6.45) is -1.42. The molecule has 0 bridgehead atoms. The largest absolute Gasteiger partial charge is 0.494 e. The number of hydrogen-bond acceptors (Lipinski definition) is 3. The second-order valence-electron chi connectivity index (χ2n) is 3.58. The quantitative estimate of drug-likeness (QED) is 0.777. The topological polar surface area (TPSA) is 49.7 Å². The molecule has 16 heavy (non-hydrogen) atoms. The summed E-state index contributed by atoms with van der Waals surface area (Å²) in [5.41, 5.74) is 0.497. The number of benzene rings is 2. The Kier molecular flexibility index (Phi) is 3.08. The first-order valence-corrected chi connectivity index (χ1v) is 5.23. The first kappa shape index (κ1) is 10.9. The lowest BCUT2D eigenvalue weighted by atomic mass is 10.1. The van der Waals surface area contributed by atoms with Crippen LogP contribution in [0.4, 0.5) is 0 Å². The number of aliphatic hydroxyl groups excluding tert-OH is 1. The number of rotatable bonds is 3. The normalized spacial score (nSPS) is 11.0. The first-order chi connectivity index (χ1) is 7.70. The fraction of sp³-hybridized carbons (Fsp3) is 0.231. The molecule has 0 fully saturated rings. The van der Waals surface area contributed by atoms with Gasteiger partial charge in [0.25, 0.3) is 0 Å². The second kappa shape index (κ2) is 4.51. The lowest BCUT2D eigenvalue weighted by Crippen LogP contribution is -1.94. The van der Waals surface area contributed by atoms with E-state index >= 15 is 0 Å². The lowest BCUT2D eigenvalue weighted by molar-refractivity contribution is -0.0423. The van der Waals surface area contributed by atoms with Gasteiger partial charge in [-0.3, -0.25) is 0 Å². The molecule has 0 atom stereocenters. The summed E-state index contributed by atoms with van der Waals surface area (Å²) < 4.78 is 5.39. The van der Waals surface area contributed by atoms with Gasteiger partial charge in [-0.1, -0.05) is 18.2 Å². The zero-order valence-corrected chi connectivity index (χ0v) is 9.05. The molecule has 0 aliphatic heterocycles. The minimum atomic E-state index is -1.42. The van der Waals surface area contributed by atoms with Crippen molar-refractivity contribution in [1.29, 1.82) is 0 Å².